The number of hydrogen-bond acceptors (Lipinski definition) is 2. The van der Waals surface area contributed by atoms with E-state index in [1.165, 1.54) is 5.56 Å². The molecule has 108 valence electrons. The fourth-order valence-corrected chi connectivity index (χ4v) is 2.95. The molecule has 3 rings (SSSR count). The van der Waals surface area contributed by atoms with Gasteiger partial charge in [-0.25, -0.2) is 0 Å². The Labute approximate surface area is 136 Å². The summed E-state index contributed by atoms with van der Waals surface area (Å²) >= 11 is 9.39. The van der Waals surface area contributed by atoms with Crippen molar-refractivity contribution in [3.05, 3.63) is 63.1 Å². The van der Waals surface area contributed by atoms with E-state index < -0.39 is 0 Å². The lowest BCUT2D eigenvalue weighted by atomic mass is 9.94. The number of benzene rings is 2. The molecule has 0 saturated carbocycles. The van der Waals surface area contributed by atoms with Crippen molar-refractivity contribution in [1.82, 2.24) is 5.32 Å². The van der Waals surface area contributed by atoms with Crippen LogP contribution in [0.3, 0.4) is 0 Å². The zero-order valence-corrected chi connectivity index (χ0v) is 13.5. The van der Waals surface area contributed by atoms with Crippen LogP contribution in [0.25, 0.3) is 0 Å². The quantitative estimate of drug-likeness (QED) is 0.846. The van der Waals surface area contributed by atoms with Gasteiger partial charge in [-0.2, -0.15) is 0 Å². The molecule has 1 unspecified atom stereocenters. The van der Waals surface area contributed by atoms with E-state index in [0.717, 1.165) is 23.0 Å². The molecule has 0 spiro atoms. The van der Waals surface area contributed by atoms with E-state index in [1.54, 1.807) is 6.07 Å². The second kappa shape index (κ2) is 6.18. The lowest BCUT2D eigenvalue weighted by Gasteiger charge is -2.26. The second-order valence-corrected chi connectivity index (χ2v) is 6.22. The molecule has 1 aliphatic rings. The highest BCUT2D eigenvalue weighted by atomic mass is 79.9. The number of anilines is 1. The third kappa shape index (κ3) is 3.12. The van der Waals surface area contributed by atoms with Gasteiger partial charge in [0.1, 0.15) is 6.04 Å². The third-order valence-corrected chi connectivity index (χ3v) is 4.79. The molecule has 0 bridgehead atoms. The Bertz CT molecular complexity index is 690. The van der Waals surface area contributed by atoms with E-state index >= 15 is 0 Å². The van der Waals surface area contributed by atoms with Gasteiger partial charge in [0, 0.05) is 16.7 Å². The fraction of sp³-hybridized carbons (Fsp3) is 0.188. The molecule has 5 heteroatoms. The van der Waals surface area contributed by atoms with Gasteiger partial charge in [-0.3, -0.25) is 4.79 Å². The van der Waals surface area contributed by atoms with Crippen LogP contribution in [0.2, 0.25) is 5.02 Å². The summed E-state index contributed by atoms with van der Waals surface area (Å²) < 4.78 is 0.809. The second-order valence-electron chi connectivity index (χ2n) is 4.95. The average molecular weight is 366 g/mol. The van der Waals surface area contributed by atoms with Crippen molar-refractivity contribution in [2.75, 3.05) is 11.9 Å². The van der Waals surface area contributed by atoms with Gasteiger partial charge in [-0.15, -0.1) is 0 Å². The summed E-state index contributed by atoms with van der Waals surface area (Å²) in [6, 6.07) is 13.1. The number of nitrogens with one attached hydrogen (secondary N) is 2. The van der Waals surface area contributed by atoms with Crippen molar-refractivity contribution < 1.29 is 4.79 Å². The van der Waals surface area contributed by atoms with Crippen LogP contribution >= 0.6 is 27.5 Å². The largest absolute Gasteiger partial charge is 0.324 e. The number of rotatable bonds is 2. The van der Waals surface area contributed by atoms with Crippen LogP contribution in [0.5, 0.6) is 0 Å². The van der Waals surface area contributed by atoms with Gasteiger partial charge in [-0.05, 0) is 51.7 Å². The van der Waals surface area contributed by atoms with E-state index in [4.69, 9.17) is 11.6 Å². The van der Waals surface area contributed by atoms with Crippen molar-refractivity contribution in [3.63, 3.8) is 0 Å². The maximum atomic E-state index is 12.5. The molecule has 1 aliphatic heterocycles. The number of fused-ring (bicyclic) bond motifs is 1. The third-order valence-electron chi connectivity index (χ3n) is 3.56. The molecule has 0 aliphatic carbocycles. The summed E-state index contributed by atoms with van der Waals surface area (Å²) in [6.45, 7) is 0.802. The van der Waals surface area contributed by atoms with E-state index in [1.807, 2.05) is 30.3 Å². The molecule has 0 saturated heterocycles. The van der Waals surface area contributed by atoms with Crippen molar-refractivity contribution in [2.24, 2.45) is 0 Å². The number of amides is 1. The van der Waals surface area contributed by atoms with Crippen LogP contribution < -0.4 is 10.6 Å². The minimum atomic E-state index is -0.322. The van der Waals surface area contributed by atoms with Crippen molar-refractivity contribution in [1.29, 1.82) is 0 Å². The number of carbonyl (C=O) groups is 1. The first-order valence-corrected chi connectivity index (χ1v) is 7.89. The number of halogens is 2. The standard InChI is InChI=1S/C16H14BrClN2O/c17-13-6-5-11(9-14(13)18)20-16(21)15-12-4-2-1-3-10(12)7-8-19-15/h1-6,9,15,19H,7-8H2,(H,20,21). The molecule has 1 heterocycles. The zero-order chi connectivity index (χ0) is 14.8. The Kier molecular flexibility index (Phi) is 4.29. The SMILES string of the molecule is O=C(Nc1ccc(Br)c(Cl)c1)C1NCCc2ccccc21. The van der Waals surface area contributed by atoms with Gasteiger partial charge in [0.2, 0.25) is 5.91 Å². The minimum Gasteiger partial charge on any atom is -0.324 e. The van der Waals surface area contributed by atoms with Gasteiger partial charge < -0.3 is 10.6 Å². The van der Waals surface area contributed by atoms with Gasteiger partial charge in [0.15, 0.2) is 0 Å². The summed E-state index contributed by atoms with van der Waals surface area (Å²) in [5.74, 6) is -0.0689. The van der Waals surface area contributed by atoms with Crippen LogP contribution in [0.15, 0.2) is 46.9 Å². The van der Waals surface area contributed by atoms with Crippen molar-refractivity contribution >= 4 is 39.1 Å². The molecule has 3 nitrogen and oxygen atoms in total. The highest BCUT2D eigenvalue weighted by Gasteiger charge is 2.25. The summed E-state index contributed by atoms with van der Waals surface area (Å²) in [7, 11) is 0. The summed E-state index contributed by atoms with van der Waals surface area (Å²) in [5, 5.41) is 6.75. The van der Waals surface area contributed by atoms with Crippen LogP contribution in [-0.4, -0.2) is 12.5 Å². The minimum absolute atomic E-state index is 0.0689. The normalized spacial score (nSPS) is 17.1. The Morgan fingerprint density at radius 2 is 2.10 bits per heavy atom. The Hall–Kier alpha value is -1.36. The predicted octanol–water partition coefficient (Wildman–Crippen LogP) is 3.93. The van der Waals surface area contributed by atoms with E-state index in [9.17, 15) is 4.79 Å². The van der Waals surface area contributed by atoms with Crippen LogP contribution in [0.1, 0.15) is 17.2 Å². The fourth-order valence-electron chi connectivity index (χ4n) is 2.53. The molecule has 2 N–H and O–H groups in total. The zero-order valence-electron chi connectivity index (χ0n) is 11.2. The Morgan fingerprint density at radius 1 is 1.29 bits per heavy atom. The molecule has 0 fully saturated rings. The first-order valence-electron chi connectivity index (χ1n) is 6.72. The van der Waals surface area contributed by atoms with Gasteiger partial charge >= 0.3 is 0 Å². The van der Waals surface area contributed by atoms with E-state index in [-0.39, 0.29) is 11.9 Å². The highest BCUT2D eigenvalue weighted by Crippen LogP contribution is 2.27. The topological polar surface area (TPSA) is 41.1 Å². The number of carbonyl (C=O) groups excluding carboxylic acids is 1. The lowest BCUT2D eigenvalue weighted by Crippen LogP contribution is -2.38. The van der Waals surface area contributed by atoms with Gasteiger partial charge in [-0.1, -0.05) is 35.9 Å². The Balaban J connectivity index is 1.81. The van der Waals surface area contributed by atoms with Crippen LogP contribution in [-0.2, 0) is 11.2 Å². The first-order chi connectivity index (χ1) is 10.1. The molecule has 1 atom stereocenters. The highest BCUT2D eigenvalue weighted by molar-refractivity contribution is 9.10. The molecular weight excluding hydrogens is 352 g/mol. The maximum Gasteiger partial charge on any atom is 0.246 e. The predicted molar refractivity (Wildman–Crippen MR) is 88.7 cm³/mol. The molecule has 2 aromatic carbocycles. The summed E-state index contributed by atoms with van der Waals surface area (Å²) in [4.78, 5) is 12.5. The van der Waals surface area contributed by atoms with Gasteiger partial charge in [0.25, 0.3) is 0 Å². The molecule has 1 amide bonds. The lowest BCUT2D eigenvalue weighted by molar-refractivity contribution is -0.118. The van der Waals surface area contributed by atoms with Gasteiger partial charge in [0.05, 0.1) is 5.02 Å². The number of hydrogen-bond donors (Lipinski definition) is 2. The Morgan fingerprint density at radius 3 is 2.90 bits per heavy atom. The molecule has 0 radical (unpaired) electrons. The molecule has 21 heavy (non-hydrogen) atoms. The summed E-state index contributed by atoms with van der Waals surface area (Å²) in [6.07, 6.45) is 0.948. The van der Waals surface area contributed by atoms with Crippen molar-refractivity contribution in [3.8, 4) is 0 Å². The summed E-state index contributed by atoms with van der Waals surface area (Å²) in [5.41, 5.74) is 2.97. The molecule has 2 aromatic rings. The van der Waals surface area contributed by atoms with Crippen LogP contribution in [0.4, 0.5) is 5.69 Å². The van der Waals surface area contributed by atoms with E-state index in [2.05, 4.69) is 32.6 Å². The van der Waals surface area contributed by atoms with Crippen LogP contribution in [0, 0.1) is 0 Å². The average Bonchev–Trinajstić information content (AvgIpc) is 2.50. The molecule has 0 aromatic heterocycles. The smallest absolute Gasteiger partial charge is 0.246 e. The first kappa shape index (κ1) is 14.6. The van der Waals surface area contributed by atoms with E-state index in [0.29, 0.717) is 10.7 Å². The molecular formula is C16H14BrClN2O. The monoisotopic (exact) mass is 364 g/mol. The maximum absolute atomic E-state index is 12.5. The van der Waals surface area contributed by atoms with Crippen molar-refractivity contribution in [2.45, 2.75) is 12.5 Å².